The van der Waals surface area contributed by atoms with Crippen LogP contribution in [-0.2, 0) is 17.8 Å². The summed E-state index contributed by atoms with van der Waals surface area (Å²) >= 11 is 0. The molecule has 0 radical (unpaired) electrons. The fourth-order valence-corrected chi connectivity index (χ4v) is 3.54. The van der Waals surface area contributed by atoms with Crippen molar-refractivity contribution in [1.82, 2.24) is 19.6 Å². The van der Waals surface area contributed by atoms with Crippen molar-refractivity contribution in [2.75, 3.05) is 11.9 Å². The van der Waals surface area contributed by atoms with E-state index in [-0.39, 0.29) is 17.8 Å². The number of amides is 1. The lowest BCUT2D eigenvalue weighted by Crippen LogP contribution is -2.36. The summed E-state index contributed by atoms with van der Waals surface area (Å²) in [6.45, 7) is 4.90. The molecule has 146 valence electrons. The van der Waals surface area contributed by atoms with E-state index < -0.39 is 0 Å². The van der Waals surface area contributed by atoms with Crippen LogP contribution >= 0.6 is 0 Å². The molecule has 2 aromatic heterocycles. The number of aryl methyl sites for hydroxylation is 1. The van der Waals surface area contributed by atoms with Gasteiger partial charge in [-0.05, 0) is 26.0 Å². The number of anilines is 2. The smallest absolute Gasteiger partial charge is 0.224 e. The van der Waals surface area contributed by atoms with Crippen molar-refractivity contribution in [1.29, 1.82) is 0 Å². The van der Waals surface area contributed by atoms with Gasteiger partial charge in [-0.2, -0.15) is 0 Å². The number of nitrogens with zero attached hydrogens (tertiary/aromatic N) is 4. The van der Waals surface area contributed by atoms with Crippen molar-refractivity contribution in [2.45, 2.75) is 39.3 Å². The minimum atomic E-state index is -0.368. The van der Waals surface area contributed by atoms with Crippen LogP contribution in [-0.4, -0.2) is 32.1 Å². The molecular formula is C20H22FN5O2. The maximum Gasteiger partial charge on any atom is 0.224 e. The van der Waals surface area contributed by atoms with Gasteiger partial charge in [-0.1, -0.05) is 17.3 Å². The van der Waals surface area contributed by atoms with Crippen LogP contribution in [0.25, 0.3) is 0 Å². The van der Waals surface area contributed by atoms with Crippen LogP contribution in [0.3, 0.4) is 0 Å². The number of fused-ring (bicyclic) bond motifs is 1. The molecule has 1 atom stereocenters. The average molecular weight is 383 g/mol. The van der Waals surface area contributed by atoms with Crippen molar-refractivity contribution < 1.29 is 13.7 Å². The second kappa shape index (κ2) is 7.46. The second-order valence-corrected chi connectivity index (χ2v) is 7.04. The normalized spacial score (nSPS) is 14.6. The minimum absolute atomic E-state index is 0.0230. The molecule has 0 saturated carbocycles. The van der Waals surface area contributed by atoms with Gasteiger partial charge in [0.25, 0.3) is 0 Å². The lowest BCUT2D eigenvalue weighted by atomic mass is 10.1. The van der Waals surface area contributed by atoms with Crippen LogP contribution in [0.15, 0.2) is 41.2 Å². The van der Waals surface area contributed by atoms with Crippen molar-refractivity contribution in [3.63, 3.8) is 0 Å². The van der Waals surface area contributed by atoms with Crippen LogP contribution in [0.4, 0.5) is 15.9 Å². The van der Waals surface area contributed by atoms with E-state index in [0.29, 0.717) is 37.4 Å². The maximum atomic E-state index is 13.9. The first kappa shape index (κ1) is 18.2. The molecule has 1 aliphatic rings. The number of hydrogen-bond acceptors (Lipinski definition) is 5. The van der Waals surface area contributed by atoms with E-state index in [1.165, 1.54) is 6.07 Å². The van der Waals surface area contributed by atoms with Gasteiger partial charge in [-0.25, -0.2) is 9.37 Å². The zero-order valence-electron chi connectivity index (χ0n) is 15.9. The zero-order chi connectivity index (χ0) is 19.7. The van der Waals surface area contributed by atoms with Gasteiger partial charge in [0.1, 0.15) is 17.4 Å². The number of rotatable bonds is 5. The number of benzene rings is 1. The number of halogens is 1. The highest BCUT2D eigenvalue weighted by Crippen LogP contribution is 2.30. The monoisotopic (exact) mass is 383 g/mol. The summed E-state index contributed by atoms with van der Waals surface area (Å²) in [5, 5.41) is 7.02. The summed E-state index contributed by atoms with van der Waals surface area (Å²) in [7, 11) is 0. The first-order valence-corrected chi connectivity index (χ1v) is 9.29. The van der Waals surface area contributed by atoms with Crippen molar-refractivity contribution in [3.05, 3.63) is 59.6 Å². The number of nitrogens with one attached hydrogen (secondary N) is 1. The predicted octanol–water partition coefficient (Wildman–Crippen LogP) is 3.60. The molecule has 0 saturated heterocycles. The molecule has 1 N–H and O–H groups in total. The van der Waals surface area contributed by atoms with Crippen LogP contribution in [0.1, 0.15) is 36.5 Å². The fraction of sp³-hybridized carbons (Fsp3) is 0.350. The third-order valence-electron chi connectivity index (χ3n) is 5.11. The molecule has 1 aromatic carbocycles. The Hall–Kier alpha value is -3.16. The van der Waals surface area contributed by atoms with Gasteiger partial charge < -0.3 is 19.3 Å². The number of aromatic nitrogens is 3. The Morgan fingerprint density at radius 2 is 2.21 bits per heavy atom. The Kier molecular flexibility index (Phi) is 4.85. The topological polar surface area (TPSA) is 76.2 Å². The Bertz CT molecular complexity index is 996. The van der Waals surface area contributed by atoms with E-state index in [0.717, 1.165) is 17.1 Å². The number of carbonyl (C=O) groups is 1. The molecule has 3 aromatic rings. The second-order valence-electron chi connectivity index (χ2n) is 7.04. The Balaban J connectivity index is 1.47. The highest BCUT2D eigenvalue weighted by Gasteiger charge is 2.28. The SMILES string of the molecule is Cc1nccn1C(C)CC(=O)N1CCc2onc(Nc3ccccc3F)c2C1. The third-order valence-corrected chi connectivity index (χ3v) is 5.11. The first-order chi connectivity index (χ1) is 13.5. The molecule has 4 rings (SSSR count). The van der Waals surface area contributed by atoms with Gasteiger partial charge in [0.15, 0.2) is 5.82 Å². The molecule has 0 fully saturated rings. The van der Waals surface area contributed by atoms with E-state index >= 15 is 0 Å². The fourth-order valence-electron chi connectivity index (χ4n) is 3.54. The van der Waals surface area contributed by atoms with E-state index in [4.69, 9.17) is 4.52 Å². The number of hydrogen-bond donors (Lipinski definition) is 1. The van der Waals surface area contributed by atoms with E-state index in [1.54, 1.807) is 29.3 Å². The van der Waals surface area contributed by atoms with Gasteiger partial charge in [0.2, 0.25) is 5.91 Å². The van der Waals surface area contributed by atoms with Gasteiger partial charge in [0.05, 0.1) is 17.8 Å². The molecule has 1 aliphatic heterocycles. The van der Waals surface area contributed by atoms with E-state index in [1.807, 2.05) is 24.6 Å². The predicted molar refractivity (Wildman–Crippen MR) is 102 cm³/mol. The molecule has 0 spiro atoms. The molecule has 0 bridgehead atoms. The molecule has 1 amide bonds. The van der Waals surface area contributed by atoms with Crippen molar-refractivity contribution in [2.24, 2.45) is 0 Å². The summed E-state index contributed by atoms with van der Waals surface area (Å²) in [5.41, 5.74) is 1.13. The third kappa shape index (κ3) is 3.49. The van der Waals surface area contributed by atoms with Crippen LogP contribution in [0.5, 0.6) is 0 Å². The number of para-hydroxylation sites is 1. The van der Waals surface area contributed by atoms with Gasteiger partial charge in [-0.3, -0.25) is 4.79 Å². The van der Waals surface area contributed by atoms with Gasteiger partial charge >= 0.3 is 0 Å². The Labute approximate surface area is 162 Å². The molecule has 1 unspecified atom stereocenters. The Morgan fingerprint density at radius 1 is 1.39 bits per heavy atom. The summed E-state index contributed by atoms with van der Waals surface area (Å²) in [6.07, 6.45) is 4.60. The van der Waals surface area contributed by atoms with Crippen LogP contribution in [0, 0.1) is 12.7 Å². The Morgan fingerprint density at radius 3 is 2.96 bits per heavy atom. The van der Waals surface area contributed by atoms with Crippen molar-refractivity contribution >= 4 is 17.4 Å². The van der Waals surface area contributed by atoms with Gasteiger partial charge in [-0.15, -0.1) is 0 Å². The van der Waals surface area contributed by atoms with E-state index in [9.17, 15) is 9.18 Å². The minimum Gasteiger partial charge on any atom is -0.359 e. The molecule has 8 heteroatoms. The summed E-state index contributed by atoms with van der Waals surface area (Å²) < 4.78 is 21.3. The summed E-state index contributed by atoms with van der Waals surface area (Å²) in [6, 6.07) is 6.41. The average Bonchev–Trinajstić information content (AvgIpc) is 3.29. The van der Waals surface area contributed by atoms with Crippen LogP contribution < -0.4 is 5.32 Å². The van der Waals surface area contributed by atoms with E-state index in [2.05, 4.69) is 15.5 Å². The standard InChI is InChI=1S/C20H22FN5O2/c1-13(26-10-8-22-14(26)2)11-19(27)25-9-7-18-15(12-25)20(24-28-18)23-17-6-4-3-5-16(17)21/h3-6,8,10,13H,7,9,11-12H2,1-2H3,(H,23,24). The lowest BCUT2D eigenvalue weighted by molar-refractivity contribution is -0.132. The number of carbonyl (C=O) groups excluding carboxylic acids is 1. The largest absolute Gasteiger partial charge is 0.359 e. The van der Waals surface area contributed by atoms with Crippen LogP contribution in [0.2, 0.25) is 0 Å². The summed E-state index contributed by atoms with van der Waals surface area (Å²) in [5.74, 6) is 1.77. The molecule has 28 heavy (non-hydrogen) atoms. The molecule has 0 aliphatic carbocycles. The van der Waals surface area contributed by atoms with Crippen molar-refractivity contribution in [3.8, 4) is 0 Å². The highest BCUT2D eigenvalue weighted by atomic mass is 19.1. The first-order valence-electron chi connectivity index (χ1n) is 9.29. The molecule has 3 heterocycles. The molecule has 7 nitrogen and oxygen atoms in total. The van der Waals surface area contributed by atoms with Gasteiger partial charge in [0, 0.05) is 37.8 Å². The molecular weight excluding hydrogens is 361 g/mol. The number of imidazole rings is 1. The lowest BCUT2D eigenvalue weighted by Gasteiger charge is -2.28. The highest BCUT2D eigenvalue weighted by molar-refractivity contribution is 5.77. The zero-order valence-corrected chi connectivity index (χ0v) is 15.9. The maximum absolute atomic E-state index is 13.9. The quantitative estimate of drug-likeness (QED) is 0.729. The summed E-state index contributed by atoms with van der Waals surface area (Å²) in [4.78, 5) is 18.8.